The van der Waals surface area contributed by atoms with Gasteiger partial charge in [-0.25, -0.2) is 0 Å². The van der Waals surface area contributed by atoms with Crippen molar-refractivity contribution in [3.63, 3.8) is 0 Å². The van der Waals surface area contributed by atoms with Gasteiger partial charge in [-0.05, 0) is 37.6 Å². The lowest BCUT2D eigenvalue weighted by Gasteiger charge is -2.27. The molecule has 0 N–H and O–H groups in total. The number of aryl methyl sites for hydroxylation is 1. The highest BCUT2D eigenvalue weighted by molar-refractivity contribution is 5.44. The minimum atomic E-state index is 1.000. The van der Waals surface area contributed by atoms with E-state index in [1.54, 1.807) is 0 Å². The lowest BCUT2D eigenvalue weighted by molar-refractivity contribution is 0.663. The Hall–Kier alpha value is -1.77. The largest absolute Gasteiger partial charge is 0.282 e. The molecule has 0 aliphatic rings. The van der Waals surface area contributed by atoms with Gasteiger partial charge >= 0.3 is 0 Å². The summed E-state index contributed by atoms with van der Waals surface area (Å²) in [5, 5.41) is 2.26. The van der Waals surface area contributed by atoms with Crippen LogP contribution < -0.4 is 5.01 Å². The summed E-state index contributed by atoms with van der Waals surface area (Å²) < 4.78 is 2.18. The number of pyridine rings is 1. The Morgan fingerprint density at radius 1 is 1.25 bits per heavy atom. The van der Waals surface area contributed by atoms with Gasteiger partial charge in [0, 0.05) is 30.8 Å². The Kier molecular flexibility index (Phi) is 3.25. The number of rotatable bonds is 4. The molecule has 3 heteroatoms. The molecule has 0 saturated heterocycles. The van der Waals surface area contributed by atoms with Crippen molar-refractivity contribution in [1.82, 2.24) is 9.66 Å². The van der Waals surface area contributed by atoms with Gasteiger partial charge in [0.25, 0.3) is 0 Å². The maximum atomic E-state index is 4.06. The fourth-order valence-electron chi connectivity index (χ4n) is 1.82. The van der Waals surface area contributed by atoms with Crippen LogP contribution in [0.3, 0.4) is 0 Å². The van der Waals surface area contributed by atoms with Gasteiger partial charge in [0.2, 0.25) is 0 Å². The second-order valence-electron chi connectivity index (χ2n) is 3.82. The highest BCUT2D eigenvalue weighted by Crippen LogP contribution is 2.15. The van der Waals surface area contributed by atoms with E-state index in [9.17, 15) is 0 Å². The maximum absolute atomic E-state index is 4.06. The zero-order valence-corrected chi connectivity index (χ0v) is 9.80. The summed E-state index contributed by atoms with van der Waals surface area (Å²) in [4.78, 5) is 4.06. The molecular weight excluding hydrogens is 198 g/mol. The van der Waals surface area contributed by atoms with Crippen LogP contribution in [0.1, 0.15) is 19.0 Å². The van der Waals surface area contributed by atoms with Crippen molar-refractivity contribution in [3.8, 4) is 0 Å². The van der Waals surface area contributed by atoms with Crippen molar-refractivity contribution < 1.29 is 0 Å². The molecule has 0 aliphatic carbocycles. The third kappa shape index (κ3) is 2.08. The van der Waals surface area contributed by atoms with Crippen LogP contribution in [-0.4, -0.2) is 16.2 Å². The van der Waals surface area contributed by atoms with Crippen LogP contribution in [0.4, 0.5) is 5.69 Å². The lowest BCUT2D eigenvalue weighted by atomic mass is 10.3. The van der Waals surface area contributed by atoms with Crippen LogP contribution in [0, 0.1) is 6.92 Å². The molecule has 3 nitrogen and oxygen atoms in total. The minimum absolute atomic E-state index is 1.000. The Bertz CT molecular complexity index is 433. The zero-order valence-electron chi connectivity index (χ0n) is 9.80. The Balaban J connectivity index is 2.35. The van der Waals surface area contributed by atoms with Crippen LogP contribution in [0.25, 0.3) is 0 Å². The van der Waals surface area contributed by atoms with E-state index >= 15 is 0 Å². The molecule has 2 aromatic heterocycles. The van der Waals surface area contributed by atoms with Crippen LogP contribution >= 0.6 is 0 Å². The molecule has 16 heavy (non-hydrogen) atoms. The summed E-state index contributed by atoms with van der Waals surface area (Å²) in [6.07, 6.45) is 6.86. The molecule has 0 bridgehead atoms. The molecule has 2 heterocycles. The monoisotopic (exact) mass is 215 g/mol. The average Bonchev–Trinajstić information content (AvgIpc) is 2.73. The second-order valence-corrected chi connectivity index (χ2v) is 3.82. The van der Waals surface area contributed by atoms with E-state index < -0.39 is 0 Å². The van der Waals surface area contributed by atoms with E-state index in [1.807, 2.05) is 24.5 Å². The van der Waals surface area contributed by atoms with Gasteiger partial charge in [-0.2, -0.15) is 0 Å². The van der Waals surface area contributed by atoms with Gasteiger partial charge in [0.05, 0.1) is 5.69 Å². The average molecular weight is 215 g/mol. The van der Waals surface area contributed by atoms with E-state index in [1.165, 1.54) is 11.4 Å². The molecule has 0 spiro atoms. The normalized spacial score (nSPS) is 10.4. The highest BCUT2D eigenvalue weighted by atomic mass is 15.5. The van der Waals surface area contributed by atoms with Gasteiger partial charge < -0.3 is 0 Å². The van der Waals surface area contributed by atoms with Gasteiger partial charge in [-0.3, -0.25) is 14.7 Å². The predicted octanol–water partition coefficient (Wildman–Crippen LogP) is 2.87. The first kappa shape index (κ1) is 10.7. The summed E-state index contributed by atoms with van der Waals surface area (Å²) in [5.74, 6) is 0. The van der Waals surface area contributed by atoms with Crippen molar-refractivity contribution in [3.05, 3.63) is 48.5 Å². The third-order valence-electron chi connectivity index (χ3n) is 2.58. The van der Waals surface area contributed by atoms with Crippen molar-refractivity contribution in [2.45, 2.75) is 20.3 Å². The van der Waals surface area contributed by atoms with Gasteiger partial charge in [-0.15, -0.1) is 0 Å². The first-order valence-electron chi connectivity index (χ1n) is 5.64. The van der Waals surface area contributed by atoms with Crippen LogP contribution in [0.2, 0.25) is 0 Å². The molecule has 0 aliphatic heterocycles. The Morgan fingerprint density at radius 2 is 2.00 bits per heavy atom. The van der Waals surface area contributed by atoms with Crippen molar-refractivity contribution in [2.75, 3.05) is 11.6 Å². The van der Waals surface area contributed by atoms with Crippen LogP contribution in [0.5, 0.6) is 0 Å². The minimum Gasteiger partial charge on any atom is -0.282 e. The topological polar surface area (TPSA) is 21.1 Å². The van der Waals surface area contributed by atoms with Crippen LogP contribution in [0.15, 0.2) is 42.9 Å². The Morgan fingerprint density at radius 3 is 2.56 bits per heavy atom. The Labute approximate surface area is 96.3 Å². The number of hydrogen-bond acceptors (Lipinski definition) is 2. The van der Waals surface area contributed by atoms with Gasteiger partial charge in [0.15, 0.2) is 0 Å². The smallest absolute Gasteiger partial charge is 0.0608 e. The number of nitrogens with zero attached hydrogens (tertiary/aromatic N) is 3. The summed E-state index contributed by atoms with van der Waals surface area (Å²) in [7, 11) is 0. The lowest BCUT2D eigenvalue weighted by Crippen LogP contribution is -2.30. The number of hydrogen-bond donors (Lipinski definition) is 0. The highest BCUT2D eigenvalue weighted by Gasteiger charge is 2.07. The van der Waals surface area contributed by atoms with Crippen molar-refractivity contribution in [1.29, 1.82) is 0 Å². The fraction of sp³-hybridized carbons (Fsp3) is 0.308. The predicted molar refractivity (Wildman–Crippen MR) is 66.4 cm³/mol. The molecule has 0 saturated carbocycles. The van der Waals surface area contributed by atoms with Crippen molar-refractivity contribution >= 4 is 5.69 Å². The second kappa shape index (κ2) is 4.84. The molecule has 0 fully saturated rings. The molecule has 0 radical (unpaired) electrons. The molecule has 84 valence electrons. The number of aromatic nitrogens is 2. The maximum Gasteiger partial charge on any atom is 0.0608 e. The summed E-state index contributed by atoms with van der Waals surface area (Å²) >= 11 is 0. The molecular formula is C13H17N3. The summed E-state index contributed by atoms with van der Waals surface area (Å²) in [6.45, 7) is 5.30. The third-order valence-corrected chi connectivity index (χ3v) is 2.58. The van der Waals surface area contributed by atoms with E-state index in [0.717, 1.165) is 13.0 Å². The summed E-state index contributed by atoms with van der Waals surface area (Å²) in [6, 6.07) is 8.26. The van der Waals surface area contributed by atoms with Crippen LogP contribution in [-0.2, 0) is 0 Å². The number of anilines is 1. The zero-order chi connectivity index (χ0) is 11.4. The fourth-order valence-corrected chi connectivity index (χ4v) is 1.82. The van der Waals surface area contributed by atoms with E-state index in [2.05, 4.69) is 46.8 Å². The summed E-state index contributed by atoms with van der Waals surface area (Å²) in [5.41, 5.74) is 2.42. The van der Waals surface area contributed by atoms with Crippen molar-refractivity contribution in [2.24, 2.45) is 0 Å². The van der Waals surface area contributed by atoms with E-state index in [4.69, 9.17) is 0 Å². The van der Waals surface area contributed by atoms with Gasteiger partial charge in [-0.1, -0.05) is 6.92 Å². The molecule has 0 unspecified atom stereocenters. The molecule has 2 aromatic rings. The van der Waals surface area contributed by atoms with Gasteiger partial charge in [0.1, 0.15) is 0 Å². The first-order valence-corrected chi connectivity index (χ1v) is 5.64. The van der Waals surface area contributed by atoms with E-state index in [-0.39, 0.29) is 0 Å². The standard InChI is InChI=1S/C13H17N3/c1-3-10-16(13-6-8-14-9-7-13)15-11-4-5-12(15)2/h4-9,11H,3,10H2,1-2H3. The first-order chi connectivity index (χ1) is 7.83. The molecule has 0 aromatic carbocycles. The molecule has 2 rings (SSSR count). The molecule has 0 amide bonds. The van der Waals surface area contributed by atoms with E-state index in [0.29, 0.717) is 0 Å². The SMILES string of the molecule is CCCN(c1ccncc1)n1cccc1C. The quantitative estimate of drug-likeness (QED) is 0.782. The molecule has 0 atom stereocenters.